The molecule has 0 rings (SSSR count). The second-order valence-corrected chi connectivity index (χ2v) is 7.59. The number of amides is 2. The maximum absolute atomic E-state index is 11.6. The number of carbonyl (C=O) groups is 2. The molecule has 0 aliphatic carbocycles. The van der Waals surface area contributed by atoms with Crippen molar-refractivity contribution in [2.45, 2.75) is 38.8 Å². The number of sulfone groups is 1. The minimum absolute atomic E-state index is 0.184. The number of rotatable bonds is 9. The Hall–Kier alpha value is -1.35. The highest BCUT2D eigenvalue weighted by atomic mass is 32.2. The molecule has 9 heteroatoms. The van der Waals surface area contributed by atoms with E-state index in [1.807, 2.05) is 6.92 Å². The Morgan fingerprint density at radius 2 is 1.90 bits per heavy atom. The van der Waals surface area contributed by atoms with Gasteiger partial charge in [0.15, 0.2) is 0 Å². The summed E-state index contributed by atoms with van der Waals surface area (Å²) >= 11 is 0. The molecular formula is C12H24N2O6S. The van der Waals surface area contributed by atoms with Gasteiger partial charge in [-0.15, -0.1) is 0 Å². The summed E-state index contributed by atoms with van der Waals surface area (Å²) in [6.07, 6.45) is 0.826. The second kappa shape index (κ2) is 8.18. The fourth-order valence-electron chi connectivity index (χ4n) is 1.53. The Morgan fingerprint density at radius 3 is 2.33 bits per heavy atom. The van der Waals surface area contributed by atoms with Gasteiger partial charge in [0.1, 0.15) is 15.9 Å². The molecule has 1 atom stereocenters. The molecular weight excluding hydrogens is 300 g/mol. The summed E-state index contributed by atoms with van der Waals surface area (Å²) < 4.78 is 27.5. The van der Waals surface area contributed by atoms with Crippen LogP contribution in [-0.2, 0) is 19.4 Å². The molecule has 124 valence electrons. The number of aliphatic carboxylic acids is 1. The van der Waals surface area contributed by atoms with Crippen molar-refractivity contribution >= 4 is 21.8 Å². The van der Waals surface area contributed by atoms with Crippen molar-refractivity contribution < 1.29 is 27.9 Å². The normalized spacial score (nSPS) is 13.5. The number of ether oxygens (including phenoxy) is 1. The van der Waals surface area contributed by atoms with Crippen LogP contribution in [0.5, 0.6) is 0 Å². The van der Waals surface area contributed by atoms with Gasteiger partial charge in [0.2, 0.25) is 0 Å². The molecule has 0 saturated carbocycles. The first kappa shape index (κ1) is 19.7. The third kappa shape index (κ3) is 10.1. The third-order valence-corrected chi connectivity index (χ3v) is 3.57. The van der Waals surface area contributed by atoms with Crippen LogP contribution in [0.15, 0.2) is 0 Å². The number of carbonyl (C=O) groups excluding carboxylic acids is 1. The lowest BCUT2D eigenvalue weighted by atomic mass is 10.1. The van der Waals surface area contributed by atoms with Crippen molar-refractivity contribution in [2.75, 3.05) is 25.2 Å². The largest absolute Gasteiger partial charge is 0.480 e. The topological polar surface area (TPSA) is 122 Å². The Balaban J connectivity index is 4.39. The summed E-state index contributed by atoms with van der Waals surface area (Å²) in [5, 5.41) is 13.7. The van der Waals surface area contributed by atoms with Gasteiger partial charge in [0.05, 0.1) is 11.4 Å². The van der Waals surface area contributed by atoms with Gasteiger partial charge in [-0.05, 0) is 27.2 Å². The number of hydrogen-bond acceptors (Lipinski definition) is 5. The molecule has 1 unspecified atom stereocenters. The van der Waals surface area contributed by atoms with E-state index in [0.29, 0.717) is 6.61 Å². The van der Waals surface area contributed by atoms with Gasteiger partial charge in [-0.3, -0.25) is 0 Å². The number of nitrogens with one attached hydrogen (secondary N) is 2. The first-order valence-electron chi connectivity index (χ1n) is 6.55. The molecule has 0 saturated heterocycles. The fourth-order valence-corrected chi connectivity index (χ4v) is 2.20. The van der Waals surface area contributed by atoms with E-state index in [-0.39, 0.29) is 18.7 Å². The molecule has 0 aromatic carbocycles. The maximum Gasteiger partial charge on any atom is 0.326 e. The van der Waals surface area contributed by atoms with Crippen LogP contribution >= 0.6 is 0 Å². The van der Waals surface area contributed by atoms with Crippen LogP contribution in [0.25, 0.3) is 0 Å². The lowest BCUT2D eigenvalue weighted by Gasteiger charge is -2.25. The predicted octanol–water partition coefficient (Wildman–Crippen LogP) is -0.0114. The quantitative estimate of drug-likeness (QED) is 0.548. The molecule has 3 N–H and O–H groups in total. The van der Waals surface area contributed by atoms with Crippen LogP contribution in [0.2, 0.25) is 0 Å². The van der Waals surface area contributed by atoms with E-state index in [0.717, 1.165) is 6.26 Å². The molecule has 0 spiro atoms. The summed E-state index contributed by atoms with van der Waals surface area (Å²) in [6.45, 7) is 6.09. The van der Waals surface area contributed by atoms with Crippen molar-refractivity contribution in [3.63, 3.8) is 0 Å². The van der Waals surface area contributed by atoms with Crippen LogP contribution in [0.1, 0.15) is 27.2 Å². The van der Waals surface area contributed by atoms with E-state index in [1.165, 1.54) is 0 Å². The minimum atomic E-state index is -3.29. The summed E-state index contributed by atoms with van der Waals surface area (Å²) in [6, 6.07) is -1.93. The van der Waals surface area contributed by atoms with Gasteiger partial charge in [-0.2, -0.15) is 0 Å². The smallest absolute Gasteiger partial charge is 0.326 e. The average Bonchev–Trinajstić information content (AvgIpc) is 2.30. The van der Waals surface area contributed by atoms with Crippen LogP contribution in [-0.4, -0.2) is 62.3 Å². The van der Waals surface area contributed by atoms with Gasteiger partial charge in [-0.1, -0.05) is 0 Å². The van der Waals surface area contributed by atoms with E-state index >= 15 is 0 Å². The molecule has 0 fully saturated rings. The molecule has 0 aliphatic rings. The summed E-state index contributed by atoms with van der Waals surface area (Å²) in [7, 11) is -3.29. The van der Waals surface area contributed by atoms with E-state index in [2.05, 4.69) is 10.6 Å². The first-order valence-corrected chi connectivity index (χ1v) is 8.62. The monoisotopic (exact) mass is 324 g/mol. The first-order chi connectivity index (χ1) is 9.47. The van der Waals surface area contributed by atoms with Crippen molar-refractivity contribution in [3.8, 4) is 0 Å². The standard InChI is InChI=1S/C12H24N2O6S/c1-5-20-12(2,3)8-13-11(17)14-9(10(15)16)6-7-21(4,18)19/h9H,5-8H2,1-4H3,(H,15,16)(H2,13,14,17). The van der Waals surface area contributed by atoms with Crippen molar-refractivity contribution in [2.24, 2.45) is 0 Å². The molecule has 0 radical (unpaired) electrons. The summed E-state index contributed by atoms with van der Waals surface area (Å²) in [5.41, 5.74) is -0.572. The number of carboxylic acid groups (broad SMARTS) is 1. The minimum Gasteiger partial charge on any atom is -0.480 e. The van der Waals surface area contributed by atoms with Gasteiger partial charge in [-0.25, -0.2) is 18.0 Å². The van der Waals surface area contributed by atoms with Crippen LogP contribution in [0.3, 0.4) is 0 Å². The zero-order valence-corrected chi connectivity index (χ0v) is 13.6. The Labute approximate surface area is 125 Å². The molecule has 21 heavy (non-hydrogen) atoms. The Kier molecular flexibility index (Phi) is 7.65. The lowest BCUT2D eigenvalue weighted by Crippen LogP contribution is -2.50. The second-order valence-electron chi connectivity index (χ2n) is 5.33. The van der Waals surface area contributed by atoms with Crippen LogP contribution in [0, 0.1) is 0 Å². The van der Waals surface area contributed by atoms with Gasteiger partial charge in [0.25, 0.3) is 0 Å². The molecule has 0 aliphatic heterocycles. The highest BCUT2D eigenvalue weighted by molar-refractivity contribution is 7.90. The van der Waals surface area contributed by atoms with E-state index in [9.17, 15) is 18.0 Å². The number of carboxylic acids is 1. The SMILES string of the molecule is CCOC(C)(C)CNC(=O)NC(CCS(C)(=O)=O)C(=O)O. The fraction of sp³-hybridized carbons (Fsp3) is 0.833. The van der Waals surface area contributed by atoms with E-state index < -0.39 is 33.5 Å². The number of hydrogen-bond donors (Lipinski definition) is 3. The third-order valence-electron chi connectivity index (χ3n) is 2.59. The van der Waals surface area contributed by atoms with Gasteiger partial charge in [0, 0.05) is 19.4 Å². The highest BCUT2D eigenvalue weighted by Crippen LogP contribution is 2.06. The van der Waals surface area contributed by atoms with Crippen molar-refractivity contribution in [3.05, 3.63) is 0 Å². The molecule has 0 heterocycles. The van der Waals surface area contributed by atoms with Gasteiger partial charge < -0.3 is 20.5 Å². The van der Waals surface area contributed by atoms with Crippen molar-refractivity contribution in [1.29, 1.82) is 0 Å². The van der Waals surface area contributed by atoms with Crippen LogP contribution in [0.4, 0.5) is 4.79 Å². The molecule has 2 amide bonds. The molecule has 0 aromatic rings. The number of urea groups is 1. The molecule has 0 bridgehead atoms. The Morgan fingerprint density at radius 1 is 1.33 bits per heavy atom. The maximum atomic E-state index is 11.6. The molecule has 8 nitrogen and oxygen atoms in total. The van der Waals surface area contributed by atoms with E-state index in [4.69, 9.17) is 9.84 Å². The highest BCUT2D eigenvalue weighted by Gasteiger charge is 2.23. The predicted molar refractivity (Wildman–Crippen MR) is 78.0 cm³/mol. The van der Waals surface area contributed by atoms with Crippen LogP contribution < -0.4 is 10.6 Å². The van der Waals surface area contributed by atoms with Crippen molar-refractivity contribution in [1.82, 2.24) is 10.6 Å². The van der Waals surface area contributed by atoms with E-state index in [1.54, 1.807) is 13.8 Å². The summed E-state index contributed by atoms with van der Waals surface area (Å²) in [4.78, 5) is 22.6. The zero-order valence-electron chi connectivity index (χ0n) is 12.8. The zero-order chi connectivity index (χ0) is 16.7. The Bertz CT molecular complexity index is 460. The molecule has 0 aromatic heterocycles. The van der Waals surface area contributed by atoms with Gasteiger partial charge >= 0.3 is 12.0 Å². The average molecular weight is 324 g/mol. The summed E-state index contributed by atoms with van der Waals surface area (Å²) in [5.74, 6) is -1.59. The lowest BCUT2D eigenvalue weighted by molar-refractivity contribution is -0.139.